The van der Waals surface area contributed by atoms with E-state index in [4.69, 9.17) is 20.6 Å². The van der Waals surface area contributed by atoms with Gasteiger partial charge in [-0.3, -0.25) is 4.79 Å². The molecule has 0 unspecified atom stereocenters. The van der Waals surface area contributed by atoms with Crippen molar-refractivity contribution in [1.82, 2.24) is 5.16 Å². The number of carbonyl (C=O) groups is 2. The maximum absolute atomic E-state index is 12.3. The van der Waals surface area contributed by atoms with Crippen molar-refractivity contribution in [2.45, 2.75) is 171 Å². The molecule has 6 aliphatic rings. The Kier molecular flexibility index (Phi) is 13.8. The SMILES string of the molecule is C.CC1(C)c2oncc2C[C@]2(C)CC(=O)CC[C@@H]12.[2H][2H].[C-]#[N+]C1=C(O)C(C)(C)[C@@H]2CC[C@](C)(O)C[C@@]2(C)C1.[C-]#[N+]C1=C[C@]2(C)C[C@@](C)(O)CC[C@H]2C(C)(C)C1=O.[CH3-].[Li+]. The third-order valence-corrected chi connectivity index (χ3v) is 14.7. The van der Waals surface area contributed by atoms with Crippen LogP contribution >= 0.6 is 0 Å². The summed E-state index contributed by atoms with van der Waals surface area (Å²) in [6, 6.07) is 0. The van der Waals surface area contributed by atoms with Crippen molar-refractivity contribution >= 4 is 11.6 Å². The summed E-state index contributed by atoms with van der Waals surface area (Å²) in [6.45, 7) is 37.0. The molecule has 0 bridgehead atoms. The van der Waals surface area contributed by atoms with Crippen molar-refractivity contribution < 1.29 is 51.3 Å². The van der Waals surface area contributed by atoms with Gasteiger partial charge in [0.05, 0.1) is 30.5 Å². The molecule has 308 valence electrons. The summed E-state index contributed by atoms with van der Waals surface area (Å²) in [7, 11) is 0. The van der Waals surface area contributed by atoms with Gasteiger partial charge in [-0.1, -0.05) is 81.0 Å². The van der Waals surface area contributed by atoms with Gasteiger partial charge in [-0.25, -0.2) is 9.69 Å². The summed E-state index contributed by atoms with van der Waals surface area (Å²) in [5.41, 5.74) is -0.500. The van der Waals surface area contributed by atoms with Crippen LogP contribution in [-0.2, 0) is 21.4 Å². The number of aromatic nitrogens is 1. The van der Waals surface area contributed by atoms with E-state index in [9.17, 15) is 24.9 Å². The van der Waals surface area contributed by atoms with Crippen LogP contribution < -0.4 is 18.9 Å². The number of nitrogens with zero attached hydrogens (tertiary/aromatic N) is 3. The second-order valence-electron chi connectivity index (χ2n) is 20.7. The van der Waals surface area contributed by atoms with Crippen LogP contribution in [0, 0.1) is 65.4 Å². The number of ketones is 2. The van der Waals surface area contributed by atoms with E-state index in [0.29, 0.717) is 49.0 Å². The van der Waals surface area contributed by atoms with E-state index in [1.165, 1.54) is 5.56 Å². The van der Waals surface area contributed by atoms with Crippen LogP contribution in [0.5, 0.6) is 0 Å². The molecule has 0 aromatic carbocycles. The minimum atomic E-state index is -0.689. The van der Waals surface area contributed by atoms with Crippen LogP contribution in [0.4, 0.5) is 0 Å². The van der Waals surface area contributed by atoms with E-state index in [0.717, 1.165) is 50.7 Å². The predicted molar refractivity (Wildman–Crippen MR) is 219 cm³/mol. The zero-order chi connectivity index (χ0) is 41.8. The van der Waals surface area contributed by atoms with Crippen molar-refractivity contribution in [2.75, 3.05) is 0 Å². The first-order valence-electron chi connectivity index (χ1n) is 20.5. The van der Waals surface area contributed by atoms with Crippen LogP contribution in [0.2, 0.25) is 0 Å². The molecule has 3 saturated carbocycles. The van der Waals surface area contributed by atoms with Gasteiger partial charge in [0, 0.05) is 37.6 Å². The molecule has 10 heteroatoms. The van der Waals surface area contributed by atoms with Gasteiger partial charge in [0.15, 0.2) is 5.78 Å². The Labute approximate surface area is 353 Å². The zero-order valence-electron chi connectivity index (χ0n) is 38.1. The van der Waals surface area contributed by atoms with Crippen LogP contribution in [0.3, 0.4) is 0 Å². The Balaban J connectivity index is 0.000000415. The molecule has 56 heavy (non-hydrogen) atoms. The number of hydrogen-bond donors (Lipinski definition) is 3. The van der Waals surface area contributed by atoms with Gasteiger partial charge in [0.2, 0.25) is 11.4 Å². The van der Waals surface area contributed by atoms with E-state index in [1.807, 2.05) is 53.8 Å². The minimum Gasteiger partial charge on any atom is -0.523 e. The minimum absolute atomic E-state index is 0. The number of Topliss-reactive ketones (excluding diaryl/α,β-unsaturated/α-hetero) is 2. The maximum atomic E-state index is 12.3. The number of allylic oxidation sites excluding steroid dienone is 4. The van der Waals surface area contributed by atoms with E-state index >= 15 is 0 Å². The second kappa shape index (κ2) is 16.2. The molecule has 8 atom stereocenters. The van der Waals surface area contributed by atoms with Crippen molar-refractivity contribution in [2.24, 2.45) is 44.8 Å². The quantitative estimate of drug-likeness (QED) is 0.181. The van der Waals surface area contributed by atoms with Gasteiger partial charge in [-0.2, -0.15) is 0 Å². The van der Waals surface area contributed by atoms with Gasteiger partial charge in [-0.15, -0.1) is 0 Å². The molecule has 0 spiro atoms. The van der Waals surface area contributed by atoms with E-state index in [-0.39, 0.29) is 83.9 Å². The normalized spacial score (nSPS) is 38.5. The van der Waals surface area contributed by atoms with Crippen molar-refractivity contribution in [1.29, 1.82) is 0 Å². The first-order valence-corrected chi connectivity index (χ1v) is 19.5. The molecule has 1 aromatic heterocycles. The number of hydrogen-bond acceptors (Lipinski definition) is 7. The molecule has 3 fully saturated rings. The molecule has 1 heterocycles. The van der Waals surface area contributed by atoms with Gasteiger partial charge < -0.3 is 32.1 Å². The standard InChI is InChI=1S/C15H23NO2.C15H21NO2.C14H19NO2.CH4.CH3.Li.H2/c2*1-13(2)11-6-7-15(4,18)9-14(11,3)8-10(16-5)12(13)17;1-13(2)11-5-4-10(16)7-14(11,3)6-9-8-15-17-12(9)13;;;;/h11,17-18H,6-9H2,1-4H3;8,11,18H,6-7,9H2,1-4H3;8,11H,4-7H2,1-3H3;1H4;1H3;;1H/q;;;;-1;+1;/t2*11-,14+,15-;11-,14+;;;;/m000..../s1/i;;;;;;1+1D. The number of carbonyl (C=O) groups excluding carboxylic acids is 2. The van der Waals surface area contributed by atoms with E-state index in [1.54, 1.807) is 0 Å². The molecule has 1 aromatic rings. The largest absolute Gasteiger partial charge is 1.00 e. The molecule has 3 N–H and O–H groups in total. The summed E-state index contributed by atoms with van der Waals surface area (Å²) in [5.74, 6) is 2.74. The predicted octanol–water partition coefficient (Wildman–Crippen LogP) is 7.84. The smallest absolute Gasteiger partial charge is 0.523 e. The number of rotatable bonds is 0. The van der Waals surface area contributed by atoms with Crippen LogP contribution in [0.1, 0.15) is 162 Å². The molecule has 9 nitrogen and oxygen atoms in total. The molecule has 7 rings (SSSR count). The zero-order valence-corrected chi connectivity index (χ0v) is 36.1. The van der Waals surface area contributed by atoms with E-state index < -0.39 is 16.6 Å². The third-order valence-electron chi connectivity index (χ3n) is 14.7. The first-order chi connectivity index (χ1) is 25.2. The van der Waals surface area contributed by atoms with Gasteiger partial charge in [-0.05, 0) is 106 Å². The molecular formula is C46H72LiN3O6. The van der Waals surface area contributed by atoms with E-state index in [2.05, 4.69) is 49.5 Å². The van der Waals surface area contributed by atoms with Crippen molar-refractivity contribution in [3.8, 4) is 0 Å². The van der Waals surface area contributed by atoms with Crippen LogP contribution in [-0.4, -0.2) is 43.2 Å². The summed E-state index contributed by atoms with van der Waals surface area (Å²) in [4.78, 5) is 30.9. The summed E-state index contributed by atoms with van der Waals surface area (Å²) >= 11 is 0. The number of aliphatic hydroxyl groups is 3. The summed E-state index contributed by atoms with van der Waals surface area (Å²) in [5, 5.41) is 34.8. The Hall–Kier alpha value is -2.67. The molecule has 0 aliphatic heterocycles. The molecular weight excluding hydrogens is 697 g/mol. The fourth-order valence-corrected chi connectivity index (χ4v) is 12.7. The number of fused-ring (bicyclic) bond motifs is 4. The Morgan fingerprint density at radius 3 is 1.91 bits per heavy atom. The Bertz CT molecular complexity index is 1820. The summed E-state index contributed by atoms with van der Waals surface area (Å²) in [6.07, 6.45) is 12.2. The Morgan fingerprint density at radius 2 is 1.34 bits per heavy atom. The van der Waals surface area contributed by atoms with Crippen LogP contribution in [0.25, 0.3) is 9.69 Å². The molecule has 0 radical (unpaired) electrons. The Morgan fingerprint density at radius 1 is 0.786 bits per heavy atom. The molecule has 0 saturated heterocycles. The van der Waals surface area contributed by atoms with Gasteiger partial charge >= 0.3 is 18.9 Å². The summed E-state index contributed by atoms with van der Waals surface area (Å²) < 4.78 is 15.5. The molecule has 0 amide bonds. The average Bonchev–Trinajstić information content (AvgIpc) is 3.53. The fourth-order valence-electron chi connectivity index (χ4n) is 12.7. The average molecular weight is 772 g/mol. The fraction of sp³-hybridized carbons (Fsp3) is 0.739. The third kappa shape index (κ3) is 8.69. The number of aliphatic hydroxyl groups excluding tert-OH is 1. The maximum Gasteiger partial charge on any atom is 1.00 e. The topological polar surface area (TPSA) is 130 Å². The monoisotopic (exact) mass is 772 g/mol. The molecule has 6 aliphatic carbocycles. The van der Waals surface area contributed by atoms with Crippen molar-refractivity contribution in [3.63, 3.8) is 0 Å². The second-order valence-corrected chi connectivity index (χ2v) is 20.7. The van der Waals surface area contributed by atoms with Crippen molar-refractivity contribution in [3.05, 3.63) is 71.0 Å². The van der Waals surface area contributed by atoms with Crippen LogP contribution in [0.15, 0.2) is 33.9 Å². The van der Waals surface area contributed by atoms with Gasteiger partial charge in [0.1, 0.15) is 17.3 Å². The van der Waals surface area contributed by atoms with Gasteiger partial charge in [0.25, 0.3) is 0 Å². The first kappa shape index (κ1) is 47.7.